The summed E-state index contributed by atoms with van der Waals surface area (Å²) in [7, 11) is 0. The maximum absolute atomic E-state index is 5.77. The quantitative estimate of drug-likeness (QED) is 0.601. The number of nitrogens with two attached hydrogens (primary N) is 1. The van der Waals surface area contributed by atoms with Crippen LogP contribution in [0.5, 0.6) is 0 Å². The molecular formula is C11H18N2S. The van der Waals surface area contributed by atoms with E-state index < -0.39 is 0 Å². The summed E-state index contributed by atoms with van der Waals surface area (Å²) in [5.74, 6) is 1.25. The Labute approximate surface area is 89.9 Å². The van der Waals surface area contributed by atoms with Gasteiger partial charge in [-0.05, 0) is 17.4 Å². The van der Waals surface area contributed by atoms with Gasteiger partial charge in [-0.2, -0.15) is 0 Å². The lowest BCUT2D eigenvalue weighted by Crippen LogP contribution is -2.14. The smallest absolute Gasteiger partial charge is 0.0942 e. The Balaban J connectivity index is 2.86. The van der Waals surface area contributed by atoms with Crippen LogP contribution in [0.2, 0.25) is 0 Å². The molecule has 0 amide bonds. The largest absolute Gasteiger partial charge is 0.387 e. The zero-order chi connectivity index (χ0) is 10.6. The van der Waals surface area contributed by atoms with Gasteiger partial charge in [0.1, 0.15) is 0 Å². The summed E-state index contributed by atoms with van der Waals surface area (Å²) in [5.41, 5.74) is 5.77. The highest BCUT2D eigenvalue weighted by atomic mass is 32.1. The first-order chi connectivity index (χ1) is 6.65. The van der Waals surface area contributed by atoms with Crippen molar-refractivity contribution in [1.29, 1.82) is 0 Å². The van der Waals surface area contributed by atoms with Crippen LogP contribution in [0, 0.1) is 5.92 Å². The minimum atomic E-state index is 0.231. The summed E-state index contributed by atoms with van der Waals surface area (Å²) in [6, 6.07) is 4.42. The third kappa shape index (κ3) is 2.84. The molecule has 0 radical (unpaired) electrons. The molecule has 2 N–H and O–H groups in total. The molecule has 1 unspecified atom stereocenters. The van der Waals surface area contributed by atoms with E-state index >= 15 is 0 Å². The molecule has 1 aromatic rings. The van der Waals surface area contributed by atoms with Crippen LogP contribution in [-0.4, -0.2) is 5.84 Å². The number of nitrogens with zero attached hydrogens (tertiary/aromatic N) is 1. The fourth-order valence-corrected chi connectivity index (χ4v) is 2.21. The van der Waals surface area contributed by atoms with Gasteiger partial charge in [0.05, 0.1) is 11.9 Å². The van der Waals surface area contributed by atoms with Crippen molar-refractivity contribution in [3.05, 3.63) is 22.4 Å². The van der Waals surface area contributed by atoms with Crippen LogP contribution in [0.25, 0.3) is 0 Å². The zero-order valence-corrected chi connectivity index (χ0v) is 9.84. The summed E-state index contributed by atoms with van der Waals surface area (Å²) < 4.78 is 0. The lowest BCUT2D eigenvalue weighted by atomic mass is 10.0. The van der Waals surface area contributed by atoms with Crippen molar-refractivity contribution in [1.82, 2.24) is 0 Å². The van der Waals surface area contributed by atoms with Gasteiger partial charge < -0.3 is 5.73 Å². The molecule has 14 heavy (non-hydrogen) atoms. The van der Waals surface area contributed by atoms with Gasteiger partial charge in [0.25, 0.3) is 0 Å². The molecule has 1 aromatic heterocycles. The summed E-state index contributed by atoms with van der Waals surface area (Å²) in [5, 5.41) is 2.09. The van der Waals surface area contributed by atoms with Crippen LogP contribution < -0.4 is 5.73 Å². The molecule has 0 spiro atoms. The van der Waals surface area contributed by atoms with Gasteiger partial charge in [0.2, 0.25) is 0 Å². The highest BCUT2D eigenvalue weighted by Gasteiger charge is 2.15. The maximum atomic E-state index is 5.77. The first-order valence-corrected chi connectivity index (χ1v) is 5.88. The summed E-state index contributed by atoms with van der Waals surface area (Å²) in [6.07, 6.45) is 0.828. The Morgan fingerprint density at radius 2 is 2.29 bits per heavy atom. The maximum Gasteiger partial charge on any atom is 0.0942 e. The number of amidine groups is 1. The Hall–Kier alpha value is -0.830. The second-order valence-corrected chi connectivity index (χ2v) is 4.66. The molecule has 0 aliphatic heterocycles. The van der Waals surface area contributed by atoms with Crippen molar-refractivity contribution in [2.45, 2.75) is 33.2 Å². The van der Waals surface area contributed by atoms with E-state index in [9.17, 15) is 0 Å². The number of rotatable bonds is 4. The van der Waals surface area contributed by atoms with Crippen molar-refractivity contribution in [3.63, 3.8) is 0 Å². The second kappa shape index (κ2) is 5.15. The van der Waals surface area contributed by atoms with E-state index in [1.807, 2.05) is 6.92 Å². The van der Waals surface area contributed by atoms with E-state index in [1.165, 1.54) is 4.88 Å². The van der Waals surface area contributed by atoms with E-state index in [4.69, 9.17) is 5.73 Å². The summed E-state index contributed by atoms with van der Waals surface area (Å²) >= 11 is 1.75. The fourth-order valence-electron chi connectivity index (χ4n) is 1.27. The van der Waals surface area contributed by atoms with E-state index in [2.05, 4.69) is 36.4 Å². The van der Waals surface area contributed by atoms with Crippen LogP contribution in [0.3, 0.4) is 0 Å². The second-order valence-electron chi connectivity index (χ2n) is 3.68. The Morgan fingerprint density at radius 1 is 1.57 bits per heavy atom. The Bertz CT molecular complexity index is 288. The van der Waals surface area contributed by atoms with Gasteiger partial charge in [-0.3, -0.25) is 4.99 Å². The molecule has 2 nitrogen and oxygen atoms in total. The summed E-state index contributed by atoms with van der Waals surface area (Å²) in [4.78, 5) is 5.84. The van der Waals surface area contributed by atoms with Crippen molar-refractivity contribution < 1.29 is 0 Å². The molecule has 0 aliphatic rings. The average molecular weight is 210 g/mol. The molecule has 0 bridgehead atoms. The first-order valence-electron chi connectivity index (χ1n) is 5.00. The van der Waals surface area contributed by atoms with Crippen LogP contribution >= 0.6 is 11.3 Å². The predicted octanol–water partition coefficient (Wildman–Crippen LogP) is 3.21. The predicted molar refractivity (Wildman–Crippen MR) is 63.8 cm³/mol. The first kappa shape index (κ1) is 11.2. The SMILES string of the molecule is CCC(N)=NC(c1cccs1)C(C)C. The summed E-state index contributed by atoms with van der Waals surface area (Å²) in [6.45, 7) is 6.39. The lowest BCUT2D eigenvalue weighted by Gasteiger charge is -2.15. The standard InChI is InChI=1S/C11H18N2S/c1-4-10(12)13-11(8(2)3)9-6-5-7-14-9/h5-8,11H,4H2,1-3H3,(H2,12,13). The van der Waals surface area contributed by atoms with Crippen molar-refractivity contribution in [3.8, 4) is 0 Å². The van der Waals surface area contributed by atoms with E-state index in [0.29, 0.717) is 5.92 Å². The normalized spacial score (nSPS) is 14.7. The molecule has 78 valence electrons. The highest BCUT2D eigenvalue weighted by molar-refractivity contribution is 7.10. The monoisotopic (exact) mass is 210 g/mol. The van der Waals surface area contributed by atoms with Gasteiger partial charge in [-0.25, -0.2) is 0 Å². The topological polar surface area (TPSA) is 38.4 Å². The number of aliphatic imine (C=N–C) groups is 1. The van der Waals surface area contributed by atoms with Crippen molar-refractivity contribution in [2.75, 3.05) is 0 Å². The van der Waals surface area contributed by atoms with Gasteiger partial charge in [0, 0.05) is 11.3 Å². The van der Waals surface area contributed by atoms with Gasteiger partial charge in [-0.15, -0.1) is 11.3 Å². The molecule has 0 saturated heterocycles. The Kier molecular flexibility index (Phi) is 4.14. The van der Waals surface area contributed by atoms with Crippen LogP contribution in [-0.2, 0) is 0 Å². The van der Waals surface area contributed by atoms with Crippen molar-refractivity contribution in [2.24, 2.45) is 16.6 Å². The average Bonchev–Trinajstić information content (AvgIpc) is 2.65. The third-order valence-electron chi connectivity index (χ3n) is 2.13. The zero-order valence-electron chi connectivity index (χ0n) is 9.03. The molecule has 0 aliphatic carbocycles. The van der Waals surface area contributed by atoms with Crippen molar-refractivity contribution >= 4 is 17.2 Å². The minimum absolute atomic E-state index is 0.231. The highest BCUT2D eigenvalue weighted by Crippen LogP contribution is 2.29. The Morgan fingerprint density at radius 3 is 2.71 bits per heavy atom. The molecule has 0 saturated carbocycles. The van der Waals surface area contributed by atoms with Crippen LogP contribution in [0.15, 0.2) is 22.5 Å². The van der Waals surface area contributed by atoms with Gasteiger partial charge in [-0.1, -0.05) is 26.8 Å². The molecule has 1 atom stereocenters. The number of hydrogen-bond acceptors (Lipinski definition) is 2. The van der Waals surface area contributed by atoms with E-state index in [0.717, 1.165) is 12.3 Å². The number of hydrogen-bond donors (Lipinski definition) is 1. The van der Waals surface area contributed by atoms with Gasteiger partial charge >= 0.3 is 0 Å². The van der Waals surface area contributed by atoms with Crippen LogP contribution in [0.4, 0.5) is 0 Å². The molecule has 0 aromatic carbocycles. The molecular weight excluding hydrogens is 192 g/mol. The molecule has 1 rings (SSSR count). The van der Waals surface area contributed by atoms with Gasteiger partial charge in [0.15, 0.2) is 0 Å². The molecule has 1 heterocycles. The van der Waals surface area contributed by atoms with Crippen LogP contribution in [0.1, 0.15) is 38.1 Å². The number of thiophene rings is 1. The van der Waals surface area contributed by atoms with E-state index in [1.54, 1.807) is 11.3 Å². The fraction of sp³-hybridized carbons (Fsp3) is 0.545. The molecule has 3 heteroatoms. The third-order valence-corrected chi connectivity index (χ3v) is 3.08. The van der Waals surface area contributed by atoms with E-state index in [-0.39, 0.29) is 6.04 Å². The minimum Gasteiger partial charge on any atom is -0.387 e. The molecule has 0 fully saturated rings. The lowest BCUT2D eigenvalue weighted by molar-refractivity contribution is 0.523.